The number of hydrogen-bond acceptors (Lipinski definition) is 6. The van der Waals surface area contributed by atoms with Crippen molar-refractivity contribution in [2.24, 2.45) is 5.92 Å². The summed E-state index contributed by atoms with van der Waals surface area (Å²) in [5.41, 5.74) is 2.10. The van der Waals surface area contributed by atoms with Crippen LogP contribution in [0, 0.1) is 5.92 Å². The van der Waals surface area contributed by atoms with Crippen LogP contribution in [0.15, 0.2) is 46.9 Å². The zero-order chi connectivity index (χ0) is 22.1. The van der Waals surface area contributed by atoms with Gasteiger partial charge in [-0.1, -0.05) is 18.2 Å². The molecule has 1 aromatic heterocycles. The van der Waals surface area contributed by atoms with Crippen molar-refractivity contribution < 1.29 is 28.2 Å². The Morgan fingerprint density at radius 3 is 2.69 bits per heavy atom. The van der Waals surface area contributed by atoms with Gasteiger partial charge in [0.25, 0.3) is 5.91 Å². The number of piperidine rings is 1. The Bertz CT molecular complexity index is 1160. The van der Waals surface area contributed by atoms with Gasteiger partial charge < -0.3 is 28.8 Å². The molecule has 0 unspecified atom stereocenters. The van der Waals surface area contributed by atoms with Gasteiger partial charge in [-0.3, -0.25) is 9.59 Å². The number of carbonyl (C=O) groups excluding carboxylic acids is 2. The number of nitrogens with one attached hydrogen (secondary N) is 1. The van der Waals surface area contributed by atoms with E-state index in [2.05, 4.69) is 5.32 Å². The minimum absolute atomic E-state index is 0.0558. The average Bonchev–Trinajstić information content (AvgIpc) is 3.43. The number of fused-ring (bicyclic) bond motifs is 2. The van der Waals surface area contributed by atoms with Gasteiger partial charge in [-0.25, -0.2) is 0 Å². The first kappa shape index (κ1) is 20.4. The number of hydrogen-bond donors (Lipinski definition) is 1. The zero-order valence-corrected chi connectivity index (χ0v) is 17.8. The molecule has 5 rings (SSSR count). The second-order valence-corrected chi connectivity index (χ2v) is 7.96. The fourth-order valence-corrected chi connectivity index (χ4v) is 4.27. The van der Waals surface area contributed by atoms with E-state index in [1.165, 1.54) is 0 Å². The van der Waals surface area contributed by atoms with Crippen LogP contribution in [0.4, 0.5) is 5.69 Å². The Labute approximate surface area is 185 Å². The van der Waals surface area contributed by atoms with Crippen LogP contribution in [0.5, 0.6) is 11.5 Å². The molecule has 8 heteroatoms. The summed E-state index contributed by atoms with van der Waals surface area (Å²) in [5.74, 6) is 1.23. The predicted molar refractivity (Wildman–Crippen MR) is 117 cm³/mol. The zero-order valence-electron chi connectivity index (χ0n) is 17.8. The minimum atomic E-state index is -0.168. The van der Waals surface area contributed by atoms with E-state index in [0.29, 0.717) is 61.1 Å². The quantitative estimate of drug-likeness (QED) is 0.654. The molecule has 2 aliphatic heterocycles. The van der Waals surface area contributed by atoms with Gasteiger partial charge in [0, 0.05) is 48.8 Å². The molecule has 3 heterocycles. The molecule has 0 spiro atoms. The van der Waals surface area contributed by atoms with Crippen molar-refractivity contribution in [3.8, 4) is 11.5 Å². The normalized spacial score (nSPS) is 15.8. The van der Waals surface area contributed by atoms with Gasteiger partial charge in [0.15, 0.2) is 17.3 Å². The Morgan fingerprint density at radius 2 is 1.88 bits per heavy atom. The second kappa shape index (κ2) is 8.55. The molecule has 1 fully saturated rings. The highest BCUT2D eigenvalue weighted by atomic mass is 16.7. The molecule has 1 N–H and O–H groups in total. The maximum absolute atomic E-state index is 13.2. The first-order valence-corrected chi connectivity index (χ1v) is 10.6. The van der Waals surface area contributed by atoms with E-state index in [1.54, 1.807) is 30.2 Å². The van der Waals surface area contributed by atoms with Crippen LogP contribution in [0.3, 0.4) is 0 Å². The monoisotopic (exact) mass is 436 g/mol. The van der Waals surface area contributed by atoms with Crippen LogP contribution in [-0.4, -0.2) is 43.7 Å². The van der Waals surface area contributed by atoms with Crippen LogP contribution in [0.1, 0.15) is 29.0 Å². The van der Waals surface area contributed by atoms with Gasteiger partial charge in [0.05, 0.1) is 6.61 Å². The topological polar surface area (TPSA) is 90.2 Å². The van der Waals surface area contributed by atoms with Crippen molar-refractivity contribution in [2.75, 3.05) is 32.3 Å². The molecule has 0 bridgehead atoms. The lowest BCUT2D eigenvalue weighted by atomic mass is 9.95. The highest BCUT2D eigenvalue weighted by molar-refractivity contribution is 5.99. The molecular weight excluding hydrogens is 412 g/mol. The Hall–Kier alpha value is -3.52. The number of benzene rings is 2. The van der Waals surface area contributed by atoms with Crippen molar-refractivity contribution in [1.29, 1.82) is 0 Å². The van der Waals surface area contributed by atoms with Gasteiger partial charge in [-0.2, -0.15) is 0 Å². The smallest absolute Gasteiger partial charge is 0.289 e. The van der Waals surface area contributed by atoms with Crippen molar-refractivity contribution in [3.63, 3.8) is 0 Å². The van der Waals surface area contributed by atoms with Crippen molar-refractivity contribution >= 4 is 28.5 Å². The average molecular weight is 436 g/mol. The Balaban J connectivity index is 1.24. The summed E-state index contributed by atoms with van der Waals surface area (Å²) >= 11 is 0. The number of furan rings is 1. The maximum atomic E-state index is 13.2. The van der Waals surface area contributed by atoms with E-state index < -0.39 is 0 Å². The summed E-state index contributed by atoms with van der Waals surface area (Å²) < 4.78 is 21.9. The standard InChI is InChI=1S/C24H24N2O6/c1-29-13-18-17-4-2-3-5-19(17)32-22(18)24(28)26-10-8-15(9-11-26)23(27)25-16-6-7-20-21(12-16)31-14-30-20/h2-7,12,15H,8-11,13-14H2,1H3,(H,25,27). The molecule has 1 saturated heterocycles. The molecular formula is C24H24N2O6. The first-order valence-electron chi connectivity index (χ1n) is 10.6. The third-order valence-electron chi connectivity index (χ3n) is 5.97. The second-order valence-electron chi connectivity index (χ2n) is 7.96. The maximum Gasteiger partial charge on any atom is 0.289 e. The molecule has 166 valence electrons. The number of amides is 2. The summed E-state index contributed by atoms with van der Waals surface area (Å²) in [7, 11) is 1.60. The van der Waals surface area contributed by atoms with Crippen LogP contribution in [0.2, 0.25) is 0 Å². The van der Waals surface area contributed by atoms with Crippen LogP contribution >= 0.6 is 0 Å². The van der Waals surface area contributed by atoms with Gasteiger partial charge in [-0.05, 0) is 31.0 Å². The fourth-order valence-electron chi connectivity index (χ4n) is 4.27. The number of rotatable bonds is 5. The van der Waals surface area contributed by atoms with E-state index in [-0.39, 0.29) is 24.5 Å². The van der Waals surface area contributed by atoms with Gasteiger partial charge in [0.2, 0.25) is 12.7 Å². The number of ether oxygens (including phenoxy) is 3. The van der Waals surface area contributed by atoms with Crippen LogP contribution in [-0.2, 0) is 16.1 Å². The third kappa shape index (κ3) is 3.78. The number of methoxy groups -OCH3 is 1. The van der Waals surface area contributed by atoms with Crippen LogP contribution in [0.25, 0.3) is 11.0 Å². The van der Waals surface area contributed by atoms with E-state index in [9.17, 15) is 9.59 Å². The summed E-state index contributed by atoms with van der Waals surface area (Å²) in [4.78, 5) is 27.7. The lowest BCUT2D eigenvalue weighted by molar-refractivity contribution is -0.121. The predicted octanol–water partition coefficient (Wildman–Crippen LogP) is 3.80. The largest absolute Gasteiger partial charge is 0.454 e. The number of carbonyl (C=O) groups is 2. The molecule has 32 heavy (non-hydrogen) atoms. The van der Waals surface area contributed by atoms with Crippen LogP contribution < -0.4 is 14.8 Å². The number of nitrogens with zero attached hydrogens (tertiary/aromatic N) is 1. The highest BCUT2D eigenvalue weighted by Gasteiger charge is 2.31. The third-order valence-corrected chi connectivity index (χ3v) is 5.97. The Morgan fingerprint density at radius 1 is 1.09 bits per heavy atom. The van der Waals surface area contributed by atoms with E-state index in [4.69, 9.17) is 18.6 Å². The molecule has 0 saturated carbocycles. The summed E-state index contributed by atoms with van der Waals surface area (Å²) in [6.07, 6.45) is 1.17. The lowest BCUT2D eigenvalue weighted by Crippen LogP contribution is -2.41. The number of likely N-dealkylation sites (tertiary alicyclic amines) is 1. The molecule has 3 aromatic rings. The van der Waals surface area contributed by atoms with Crippen molar-refractivity contribution in [1.82, 2.24) is 4.90 Å². The SMILES string of the molecule is COCc1c(C(=O)N2CCC(C(=O)Nc3ccc4c(c3)OCO4)CC2)oc2ccccc12. The Kier molecular flexibility index (Phi) is 5.45. The molecule has 0 aliphatic carbocycles. The molecule has 0 radical (unpaired) electrons. The van der Waals surface area contributed by atoms with E-state index >= 15 is 0 Å². The van der Waals surface area contributed by atoms with Gasteiger partial charge in [0.1, 0.15) is 5.58 Å². The summed E-state index contributed by atoms with van der Waals surface area (Å²) in [5, 5.41) is 3.83. The fraction of sp³-hybridized carbons (Fsp3) is 0.333. The number of para-hydroxylation sites is 1. The van der Waals surface area contributed by atoms with Crippen molar-refractivity contribution in [3.05, 3.63) is 53.8 Å². The molecule has 2 aromatic carbocycles. The molecule has 0 atom stereocenters. The first-order chi connectivity index (χ1) is 15.6. The summed E-state index contributed by atoms with van der Waals surface area (Å²) in [6.45, 7) is 1.46. The highest BCUT2D eigenvalue weighted by Crippen LogP contribution is 2.35. The minimum Gasteiger partial charge on any atom is -0.454 e. The van der Waals surface area contributed by atoms with Gasteiger partial charge >= 0.3 is 0 Å². The van der Waals surface area contributed by atoms with Gasteiger partial charge in [-0.15, -0.1) is 0 Å². The molecule has 2 aliphatic rings. The molecule has 8 nitrogen and oxygen atoms in total. The lowest BCUT2D eigenvalue weighted by Gasteiger charge is -2.31. The summed E-state index contributed by atoms with van der Waals surface area (Å²) in [6, 6.07) is 12.9. The van der Waals surface area contributed by atoms with Crippen molar-refractivity contribution in [2.45, 2.75) is 19.4 Å². The van der Waals surface area contributed by atoms with E-state index in [0.717, 1.165) is 10.9 Å². The number of anilines is 1. The molecule has 2 amide bonds. The van der Waals surface area contributed by atoms with E-state index in [1.807, 2.05) is 24.3 Å².